The lowest BCUT2D eigenvalue weighted by atomic mass is 10.2. The summed E-state index contributed by atoms with van der Waals surface area (Å²) < 4.78 is 12.8. The van der Waals surface area contributed by atoms with Crippen molar-refractivity contribution in [1.29, 1.82) is 0 Å². The summed E-state index contributed by atoms with van der Waals surface area (Å²) in [5.74, 6) is -1.92. The summed E-state index contributed by atoms with van der Waals surface area (Å²) in [7, 11) is 0. The van der Waals surface area contributed by atoms with Gasteiger partial charge in [0, 0.05) is 17.3 Å². The first kappa shape index (κ1) is 16.0. The van der Waals surface area contributed by atoms with E-state index in [9.17, 15) is 14.0 Å². The third-order valence-electron chi connectivity index (χ3n) is 3.02. The second kappa shape index (κ2) is 7.04. The van der Waals surface area contributed by atoms with Crippen LogP contribution in [0.15, 0.2) is 42.5 Å². The van der Waals surface area contributed by atoms with Crippen LogP contribution < -0.4 is 10.6 Å². The van der Waals surface area contributed by atoms with Crippen LogP contribution >= 0.6 is 11.6 Å². The molecule has 0 unspecified atom stereocenters. The van der Waals surface area contributed by atoms with E-state index in [4.69, 9.17) is 11.6 Å². The molecule has 0 aliphatic carbocycles. The molecule has 6 heteroatoms. The number of carbonyl (C=O) groups is 2. The van der Waals surface area contributed by atoms with E-state index in [0.29, 0.717) is 16.3 Å². The van der Waals surface area contributed by atoms with Gasteiger partial charge in [-0.25, -0.2) is 4.39 Å². The van der Waals surface area contributed by atoms with Crippen LogP contribution in [0, 0.1) is 12.7 Å². The van der Waals surface area contributed by atoms with Crippen LogP contribution in [-0.2, 0) is 16.1 Å². The molecule has 114 valence electrons. The minimum absolute atomic E-state index is 0.140. The zero-order valence-electron chi connectivity index (χ0n) is 11.8. The van der Waals surface area contributed by atoms with E-state index in [1.807, 2.05) is 0 Å². The highest BCUT2D eigenvalue weighted by Gasteiger charge is 2.14. The Morgan fingerprint density at radius 1 is 1.09 bits per heavy atom. The predicted molar refractivity (Wildman–Crippen MR) is 83.1 cm³/mol. The molecule has 2 rings (SSSR count). The first-order chi connectivity index (χ1) is 10.5. The van der Waals surface area contributed by atoms with Crippen molar-refractivity contribution in [2.24, 2.45) is 0 Å². The molecule has 2 N–H and O–H groups in total. The summed E-state index contributed by atoms with van der Waals surface area (Å²) in [6.07, 6.45) is 0. The minimum atomic E-state index is -0.785. The molecule has 0 spiro atoms. The fourth-order valence-corrected chi connectivity index (χ4v) is 1.94. The Hall–Kier alpha value is -2.40. The normalized spacial score (nSPS) is 10.1. The van der Waals surface area contributed by atoms with Crippen molar-refractivity contribution in [1.82, 2.24) is 5.32 Å². The molecular weight excluding hydrogens is 307 g/mol. The van der Waals surface area contributed by atoms with Gasteiger partial charge >= 0.3 is 11.8 Å². The van der Waals surface area contributed by atoms with Crippen LogP contribution in [0.4, 0.5) is 10.1 Å². The molecule has 2 aromatic rings. The molecular formula is C16H14ClFN2O2. The summed E-state index contributed by atoms with van der Waals surface area (Å²) in [5, 5.41) is 5.43. The Morgan fingerprint density at radius 2 is 1.77 bits per heavy atom. The summed E-state index contributed by atoms with van der Waals surface area (Å²) >= 11 is 5.85. The van der Waals surface area contributed by atoms with E-state index in [1.54, 1.807) is 25.1 Å². The molecule has 2 amide bonds. The van der Waals surface area contributed by atoms with E-state index in [0.717, 1.165) is 5.56 Å². The van der Waals surface area contributed by atoms with Gasteiger partial charge in [-0.15, -0.1) is 0 Å². The predicted octanol–water partition coefficient (Wildman–Crippen LogP) is 3.04. The maximum Gasteiger partial charge on any atom is 0.313 e. The average molecular weight is 321 g/mol. The fraction of sp³-hybridized carbons (Fsp3) is 0.125. The summed E-state index contributed by atoms with van der Waals surface area (Å²) in [4.78, 5) is 23.6. The Kier molecular flexibility index (Phi) is 5.12. The fourth-order valence-electron chi connectivity index (χ4n) is 1.77. The van der Waals surface area contributed by atoms with Gasteiger partial charge in [0.05, 0.1) is 0 Å². The number of aryl methyl sites for hydroxylation is 1. The Balaban J connectivity index is 1.93. The Labute approximate surface area is 132 Å². The second-order valence-corrected chi connectivity index (χ2v) is 5.16. The average Bonchev–Trinajstić information content (AvgIpc) is 2.50. The Morgan fingerprint density at radius 3 is 2.45 bits per heavy atom. The van der Waals surface area contributed by atoms with Gasteiger partial charge in [-0.05, 0) is 42.3 Å². The first-order valence-electron chi connectivity index (χ1n) is 6.55. The molecule has 0 aromatic heterocycles. The summed E-state index contributed by atoms with van der Waals surface area (Å²) in [5.41, 5.74) is 1.97. The third-order valence-corrected chi connectivity index (χ3v) is 3.26. The van der Waals surface area contributed by atoms with Gasteiger partial charge in [-0.1, -0.05) is 29.8 Å². The molecule has 2 aromatic carbocycles. The van der Waals surface area contributed by atoms with Crippen molar-refractivity contribution in [2.45, 2.75) is 13.5 Å². The van der Waals surface area contributed by atoms with Gasteiger partial charge in [-0.2, -0.15) is 0 Å². The molecule has 0 aliphatic rings. The van der Waals surface area contributed by atoms with Crippen LogP contribution in [0.25, 0.3) is 0 Å². The van der Waals surface area contributed by atoms with Crippen LogP contribution in [0.3, 0.4) is 0 Å². The molecule has 0 atom stereocenters. The summed E-state index contributed by atoms with van der Waals surface area (Å²) in [6.45, 7) is 1.93. The van der Waals surface area contributed by atoms with Crippen molar-refractivity contribution in [2.75, 3.05) is 5.32 Å². The van der Waals surface area contributed by atoms with Crippen LogP contribution in [0.1, 0.15) is 11.1 Å². The quantitative estimate of drug-likeness (QED) is 0.854. The van der Waals surface area contributed by atoms with Crippen molar-refractivity contribution < 1.29 is 14.0 Å². The lowest BCUT2D eigenvalue weighted by molar-refractivity contribution is -0.136. The molecule has 0 radical (unpaired) electrons. The molecule has 0 fully saturated rings. The number of anilines is 1. The maximum absolute atomic E-state index is 12.8. The molecule has 0 bridgehead atoms. The lowest BCUT2D eigenvalue weighted by Crippen LogP contribution is -2.35. The van der Waals surface area contributed by atoms with E-state index >= 15 is 0 Å². The van der Waals surface area contributed by atoms with Crippen LogP contribution in [0.2, 0.25) is 5.02 Å². The standard InChI is InChI=1S/C16H14ClFN2O2/c1-10-2-5-12(17)8-14(10)20-16(22)15(21)19-9-11-3-6-13(18)7-4-11/h2-8H,9H2,1H3,(H,19,21)(H,20,22). The number of rotatable bonds is 3. The van der Waals surface area contributed by atoms with Crippen LogP contribution in [0.5, 0.6) is 0 Å². The van der Waals surface area contributed by atoms with Crippen molar-refractivity contribution in [3.63, 3.8) is 0 Å². The third kappa shape index (κ3) is 4.30. The minimum Gasteiger partial charge on any atom is -0.344 e. The SMILES string of the molecule is Cc1ccc(Cl)cc1NC(=O)C(=O)NCc1ccc(F)cc1. The van der Waals surface area contributed by atoms with Gasteiger partial charge in [0.15, 0.2) is 0 Å². The van der Waals surface area contributed by atoms with E-state index < -0.39 is 11.8 Å². The molecule has 0 saturated carbocycles. The molecule has 4 nitrogen and oxygen atoms in total. The zero-order chi connectivity index (χ0) is 16.1. The number of nitrogens with one attached hydrogen (secondary N) is 2. The Bertz CT molecular complexity index is 702. The van der Waals surface area contributed by atoms with Crippen molar-refractivity contribution in [3.8, 4) is 0 Å². The van der Waals surface area contributed by atoms with Crippen molar-refractivity contribution in [3.05, 3.63) is 64.4 Å². The number of amides is 2. The lowest BCUT2D eigenvalue weighted by Gasteiger charge is -2.09. The molecule has 0 aliphatic heterocycles. The van der Waals surface area contributed by atoms with Gasteiger partial charge in [0.25, 0.3) is 0 Å². The monoisotopic (exact) mass is 320 g/mol. The van der Waals surface area contributed by atoms with E-state index in [2.05, 4.69) is 10.6 Å². The molecule has 0 saturated heterocycles. The highest BCUT2D eigenvalue weighted by Crippen LogP contribution is 2.19. The maximum atomic E-state index is 12.8. The van der Waals surface area contributed by atoms with Gasteiger partial charge in [-0.3, -0.25) is 9.59 Å². The van der Waals surface area contributed by atoms with Gasteiger partial charge < -0.3 is 10.6 Å². The number of benzene rings is 2. The first-order valence-corrected chi connectivity index (χ1v) is 6.93. The number of halogens is 2. The number of carbonyl (C=O) groups excluding carboxylic acids is 2. The van der Waals surface area contributed by atoms with Gasteiger partial charge in [0.2, 0.25) is 0 Å². The van der Waals surface area contributed by atoms with E-state index in [-0.39, 0.29) is 12.4 Å². The topological polar surface area (TPSA) is 58.2 Å². The highest BCUT2D eigenvalue weighted by atomic mass is 35.5. The smallest absolute Gasteiger partial charge is 0.313 e. The van der Waals surface area contributed by atoms with Crippen molar-refractivity contribution >= 4 is 29.1 Å². The molecule has 0 heterocycles. The van der Waals surface area contributed by atoms with Gasteiger partial charge in [0.1, 0.15) is 5.82 Å². The van der Waals surface area contributed by atoms with E-state index in [1.165, 1.54) is 24.3 Å². The summed E-state index contributed by atoms with van der Waals surface area (Å²) in [6, 6.07) is 10.7. The highest BCUT2D eigenvalue weighted by molar-refractivity contribution is 6.40. The number of hydrogen-bond acceptors (Lipinski definition) is 2. The van der Waals surface area contributed by atoms with Crippen LogP contribution in [-0.4, -0.2) is 11.8 Å². The molecule has 22 heavy (non-hydrogen) atoms. The zero-order valence-corrected chi connectivity index (χ0v) is 12.6. The number of hydrogen-bond donors (Lipinski definition) is 2. The largest absolute Gasteiger partial charge is 0.344 e. The second-order valence-electron chi connectivity index (χ2n) is 4.72.